The van der Waals surface area contributed by atoms with E-state index in [1.54, 1.807) is 6.92 Å². The van der Waals surface area contributed by atoms with E-state index in [4.69, 9.17) is 4.74 Å². The fourth-order valence-electron chi connectivity index (χ4n) is 2.36. The van der Waals surface area contributed by atoms with Gasteiger partial charge in [0.1, 0.15) is 0 Å². The highest BCUT2D eigenvalue weighted by Gasteiger charge is 2.32. The molecule has 124 valence electrons. The van der Waals surface area contributed by atoms with Gasteiger partial charge in [-0.25, -0.2) is 4.79 Å². The zero-order chi connectivity index (χ0) is 17.4. The summed E-state index contributed by atoms with van der Waals surface area (Å²) in [5.74, 6) is -1.15. The molecule has 0 unspecified atom stereocenters. The summed E-state index contributed by atoms with van der Waals surface area (Å²) in [6.07, 6.45) is -4.54. The Kier molecular flexibility index (Phi) is 4.35. The molecule has 0 fully saturated rings. The first-order chi connectivity index (χ1) is 10.7. The second-order valence-electron chi connectivity index (χ2n) is 4.91. The Morgan fingerprint density at radius 1 is 1.30 bits per heavy atom. The minimum absolute atomic E-state index is 0.00157. The highest BCUT2D eigenvalue weighted by atomic mass is 19.4. The molecular formula is C15H15F3N2O3. The van der Waals surface area contributed by atoms with Crippen LogP contribution in [0.25, 0.3) is 10.9 Å². The molecule has 0 aliphatic rings. The Bertz CT molecular complexity index is 778. The number of aromatic nitrogens is 1. The standard InChI is InChI=1S/C15H15F3N2O3/c1-4-23-14(22)13-8(2)20(19-9(3)21)12-6-5-10(7-11(12)13)15(16,17)18/h5-7H,4H2,1-3H3,(H,19,21). The number of fused-ring (bicyclic) bond motifs is 1. The fourth-order valence-corrected chi connectivity index (χ4v) is 2.36. The number of hydrogen-bond acceptors (Lipinski definition) is 3. The molecule has 0 spiro atoms. The normalized spacial score (nSPS) is 11.6. The number of amides is 1. The molecule has 8 heteroatoms. The smallest absolute Gasteiger partial charge is 0.416 e. The van der Waals surface area contributed by atoms with Crippen LogP contribution in [-0.2, 0) is 15.7 Å². The third kappa shape index (κ3) is 3.15. The van der Waals surface area contributed by atoms with Crippen LogP contribution in [0, 0.1) is 6.92 Å². The number of alkyl halides is 3. The van der Waals surface area contributed by atoms with E-state index in [0.29, 0.717) is 5.69 Å². The van der Waals surface area contributed by atoms with Crippen molar-refractivity contribution >= 4 is 22.8 Å². The van der Waals surface area contributed by atoms with Crippen LogP contribution in [0.1, 0.15) is 35.5 Å². The lowest BCUT2D eigenvalue weighted by Crippen LogP contribution is -2.21. The van der Waals surface area contributed by atoms with Gasteiger partial charge in [-0.15, -0.1) is 0 Å². The number of nitrogens with zero attached hydrogens (tertiary/aromatic N) is 1. The van der Waals surface area contributed by atoms with Gasteiger partial charge >= 0.3 is 12.1 Å². The minimum Gasteiger partial charge on any atom is -0.462 e. The average molecular weight is 328 g/mol. The van der Waals surface area contributed by atoms with E-state index in [1.807, 2.05) is 0 Å². The number of halogens is 3. The SMILES string of the molecule is CCOC(=O)c1c(C)n(NC(C)=O)c2ccc(C(F)(F)F)cc12. The lowest BCUT2D eigenvalue weighted by molar-refractivity contribution is -0.137. The summed E-state index contributed by atoms with van der Waals surface area (Å²) in [6, 6.07) is 2.99. The molecule has 0 saturated carbocycles. The molecule has 1 aromatic heterocycles. The van der Waals surface area contributed by atoms with Crippen molar-refractivity contribution in [1.82, 2.24) is 4.68 Å². The van der Waals surface area contributed by atoms with E-state index < -0.39 is 23.6 Å². The number of hydrogen-bond donors (Lipinski definition) is 1. The zero-order valence-corrected chi connectivity index (χ0v) is 12.7. The average Bonchev–Trinajstić information content (AvgIpc) is 2.70. The summed E-state index contributed by atoms with van der Waals surface area (Å²) in [5, 5.41) is 0.0736. The zero-order valence-electron chi connectivity index (χ0n) is 12.7. The van der Waals surface area contributed by atoms with Crippen LogP contribution in [0.5, 0.6) is 0 Å². The Morgan fingerprint density at radius 3 is 2.48 bits per heavy atom. The molecule has 0 radical (unpaired) electrons. The van der Waals surface area contributed by atoms with Crippen molar-refractivity contribution in [2.75, 3.05) is 12.0 Å². The molecule has 1 N–H and O–H groups in total. The van der Waals surface area contributed by atoms with E-state index >= 15 is 0 Å². The number of benzene rings is 1. The van der Waals surface area contributed by atoms with E-state index in [9.17, 15) is 22.8 Å². The highest BCUT2D eigenvalue weighted by Crippen LogP contribution is 2.34. The first kappa shape index (κ1) is 16.9. The van der Waals surface area contributed by atoms with Crippen molar-refractivity contribution in [3.8, 4) is 0 Å². The second-order valence-corrected chi connectivity index (χ2v) is 4.91. The van der Waals surface area contributed by atoms with Crippen LogP contribution in [0.4, 0.5) is 13.2 Å². The molecule has 0 atom stereocenters. The molecule has 2 aromatic rings. The van der Waals surface area contributed by atoms with Gasteiger partial charge in [0.05, 0.1) is 28.9 Å². The molecule has 1 amide bonds. The van der Waals surface area contributed by atoms with E-state index in [2.05, 4.69) is 5.43 Å². The molecule has 0 aliphatic carbocycles. The molecule has 2 rings (SSSR count). The maximum atomic E-state index is 12.9. The first-order valence-electron chi connectivity index (χ1n) is 6.83. The molecule has 1 heterocycles. The Morgan fingerprint density at radius 2 is 1.96 bits per heavy atom. The fraction of sp³-hybridized carbons (Fsp3) is 0.333. The number of carbonyl (C=O) groups excluding carboxylic acids is 2. The molecule has 1 aromatic carbocycles. The molecular weight excluding hydrogens is 313 g/mol. The van der Waals surface area contributed by atoms with Crippen molar-refractivity contribution in [3.63, 3.8) is 0 Å². The maximum absolute atomic E-state index is 12.9. The van der Waals surface area contributed by atoms with Crippen molar-refractivity contribution in [2.24, 2.45) is 0 Å². The van der Waals surface area contributed by atoms with Crippen molar-refractivity contribution in [3.05, 3.63) is 35.0 Å². The quantitative estimate of drug-likeness (QED) is 0.880. The summed E-state index contributed by atoms with van der Waals surface area (Å²) in [6.45, 7) is 4.47. The van der Waals surface area contributed by atoms with Crippen LogP contribution < -0.4 is 5.43 Å². The van der Waals surface area contributed by atoms with Gasteiger partial charge in [-0.1, -0.05) is 0 Å². The summed E-state index contributed by atoms with van der Waals surface area (Å²) >= 11 is 0. The van der Waals surface area contributed by atoms with Crippen molar-refractivity contribution < 1.29 is 27.5 Å². The third-order valence-corrected chi connectivity index (χ3v) is 3.28. The number of rotatable bonds is 3. The minimum atomic E-state index is -4.54. The molecule has 0 bridgehead atoms. The summed E-state index contributed by atoms with van der Waals surface area (Å²) in [7, 11) is 0. The summed E-state index contributed by atoms with van der Waals surface area (Å²) < 4.78 is 45.0. The molecule has 0 aliphatic heterocycles. The Labute approximate surface area is 130 Å². The van der Waals surface area contributed by atoms with Crippen LogP contribution >= 0.6 is 0 Å². The maximum Gasteiger partial charge on any atom is 0.416 e. The number of nitrogens with one attached hydrogen (secondary N) is 1. The van der Waals surface area contributed by atoms with Gasteiger partial charge in [-0.05, 0) is 32.0 Å². The molecule has 5 nitrogen and oxygen atoms in total. The summed E-state index contributed by atoms with van der Waals surface area (Å²) in [4.78, 5) is 23.4. The predicted molar refractivity (Wildman–Crippen MR) is 77.7 cm³/mol. The Balaban J connectivity index is 2.76. The van der Waals surface area contributed by atoms with Crippen LogP contribution in [-0.4, -0.2) is 23.2 Å². The van der Waals surface area contributed by atoms with Crippen LogP contribution in [0.15, 0.2) is 18.2 Å². The first-order valence-corrected chi connectivity index (χ1v) is 6.83. The Hall–Kier alpha value is -2.51. The van der Waals surface area contributed by atoms with Gasteiger partial charge in [-0.3, -0.25) is 14.9 Å². The van der Waals surface area contributed by atoms with Crippen LogP contribution in [0.2, 0.25) is 0 Å². The van der Waals surface area contributed by atoms with Gasteiger partial charge in [-0.2, -0.15) is 13.2 Å². The van der Waals surface area contributed by atoms with Gasteiger partial charge in [0.2, 0.25) is 5.91 Å². The topological polar surface area (TPSA) is 60.3 Å². The van der Waals surface area contributed by atoms with Gasteiger partial charge in [0.15, 0.2) is 0 Å². The monoisotopic (exact) mass is 328 g/mol. The number of esters is 1. The van der Waals surface area contributed by atoms with Crippen molar-refractivity contribution in [2.45, 2.75) is 26.9 Å². The second kappa shape index (κ2) is 5.94. The van der Waals surface area contributed by atoms with E-state index in [0.717, 1.165) is 12.1 Å². The van der Waals surface area contributed by atoms with E-state index in [1.165, 1.54) is 24.6 Å². The predicted octanol–water partition coefficient (Wildman–Crippen LogP) is 3.24. The summed E-state index contributed by atoms with van der Waals surface area (Å²) in [5.41, 5.74) is 2.19. The lowest BCUT2D eigenvalue weighted by Gasteiger charge is -2.09. The van der Waals surface area contributed by atoms with Gasteiger partial charge in [0, 0.05) is 12.3 Å². The van der Waals surface area contributed by atoms with E-state index in [-0.39, 0.29) is 23.1 Å². The van der Waals surface area contributed by atoms with Gasteiger partial charge in [0.25, 0.3) is 0 Å². The van der Waals surface area contributed by atoms with Crippen molar-refractivity contribution in [1.29, 1.82) is 0 Å². The van der Waals surface area contributed by atoms with Gasteiger partial charge < -0.3 is 4.74 Å². The number of carbonyl (C=O) groups is 2. The highest BCUT2D eigenvalue weighted by molar-refractivity contribution is 6.06. The third-order valence-electron chi connectivity index (χ3n) is 3.28. The van der Waals surface area contributed by atoms with Crippen LogP contribution in [0.3, 0.4) is 0 Å². The largest absolute Gasteiger partial charge is 0.462 e. The number of ether oxygens (including phenoxy) is 1. The molecule has 23 heavy (non-hydrogen) atoms. The molecule has 0 saturated heterocycles. The lowest BCUT2D eigenvalue weighted by atomic mass is 10.1.